The Morgan fingerprint density at radius 1 is 1.53 bits per heavy atom. The third-order valence-corrected chi connectivity index (χ3v) is 2.82. The summed E-state index contributed by atoms with van der Waals surface area (Å²) in [6.07, 6.45) is 5.03. The van der Waals surface area contributed by atoms with Crippen molar-refractivity contribution in [1.82, 2.24) is 10.3 Å². The van der Waals surface area contributed by atoms with Crippen molar-refractivity contribution in [3.05, 3.63) is 24.3 Å². The fourth-order valence-corrected chi connectivity index (χ4v) is 1.91. The quantitative estimate of drug-likeness (QED) is 0.658. The monoisotopic (exact) mass is 246 g/mol. The second-order valence-corrected chi connectivity index (χ2v) is 4.14. The summed E-state index contributed by atoms with van der Waals surface area (Å²) in [4.78, 5) is 15.5. The van der Waals surface area contributed by atoms with Crippen molar-refractivity contribution in [1.29, 1.82) is 0 Å². The Morgan fingerprint density at radius 3 is 3.12 bits per heavy atom. The molecule has 0 bridgehead atoms. The highest BCUT2D eigenvalue weighted by Crippen LogP contribution is 2.22. The van der Waals surface area contributed by atoms with E-state index in [2.05, 4.69) is 16.2 Å². The molecule has 0 aliphatic rings. The zero-order valence-corrected chi connectivity index (χ0v) is 9.79. The molecule has 0 atom stereocenters. The Morgan fingerprint density at radius 2 is 2.35 bits per heavy atom. The lowest BCUT2D eigenvalue weighted by molar-refractivity contribution is -0.118. The summed E-state index contributed by atoms with van der Waals surface area (Å²) in [6.45, 7) is 0.243. The predicted octanol–water partition coefficient (Wildman–Crippen LogP) is 1.67. The van der Waals surface area contributed by atoms with Crippen LogP contribution in [0.5, 0.6) is 0 Å². The number of rotatable bonds is 4. The standard InChI is InChI=1S/C12H10N2O2S/c1-2-7-13-11(15)8-17-12-14-9-5-3-4-6-10(9)16-12/h1,3-6H,7-8H2,(H,13,15). The number of para-hydroxylation sites is 2. The lowest BCUT2D eigenvalue weighted by Crippen LogP contribution is -2.25. The molecule has 2 rings (SSSR count). The van der Waals surface area contributed by atoms with Gasteiger partial charge in [-0.3, -0.25) is 4.79 Å². The molecule has 0 aliphatic carbocycles. The van der Waals surface area contributed by atoms with E-state index in [4.69, 9.17) is 10.8 Å². The fourth-order valence-electron chi connectivity index (χ4n) is 1.24. The number of nitrogens with one attached hydrogen (secondary N) is 1. The molecule has 0 saturated heterocycles. The van der Waals surface area contributed by atoms with E-state index in [1.807, 2.05) is 24.3 Å². The van der Waals surface area contributed by atoms with Gasteiger partial charge in [-0.25, -0.2) is 4.98 Å². The minimum atomic E-state index is -0.129. The SMILES string of the molecule is C#CCNC(=O)CSc1nc2ccccc2o1. The van der Waals surface area contributed by atoms with Gasteiger partial charge in [0.15, 0.2) is 5.58 Å². The van der Waals surface area contributed by atoms with E-state index in [9.17, 15) is 4.79 Å². The molecule has 2 aromatic rings. The summed E-state index contributed by atoms with van der Waals surface area (Å²) >= 11 is 1.25. The normalized spacial score (nSPS) is 10.1. The van der Waals surface area contributed by atoms with E-state index in [1.165, 1.54) is 11.8 Å². The molecule has 1 aromatic carbocycles. The van der Waals surface area contributed by atoms with Crippen LogP contribution in [0.1, 0.15) is 0 Å². The van der Waals surface area contributed by atoms with Gasteiger partial charge < -0.3 is 9.73 Å². The first-order valence-corrected chi connectivity index (χ1v) is 5.96. The highest BCUT2D eigenvalue weighted by molar-refractivity contribution is 7.99. The maximum absolute atomic E-state index is 11.3. The maximum atomic E-state index is 11.3. The van der Waals surface area contributed by atoms with Crippen LogP contribution in [0, 0.1) is 12.3 Å². The molecule has 0 aliphatic heterocycles. The van der Waals surface area contributed by atoms with Crippen molar-refractivity contribution in [3.8, 4) is 12.3 Å². The molecule has 5 heteroatoms. The van der Waals surface area contributed by atoms with E-state index in [0.29, 0.717) is 5.22 Å². The van der Waals surface area contributed by atoms with Gasteiger partial charge in [-0.05, 0) is 12.1 Å². The molecule has 0 unspecified atom stereocenters. The van der Waals surface area contributed by atoms with Crippen molar-refractivity contribution in [2.24, 2.45) is 0 Å². The van der Waals surface area contributed by atoms with Gasteiger partial charge >= 0.3 is 0 Å². The fraction of sp³-hybridized carbons (Fsp3) is 0.167. The van der Waals surface area contributed by atoms with Gasteiger partial charge in [0, 0.05) is 0 Å². The van der Waals surface area contributed by atoms with Crippen LogP contribution < -0.4 is 5.32 Å². The Hall–Kier alpha value is -1.93. The number of hydrogen-bond acceptors (Lipinski definition) is 4. The molecule has 86 valence electrons. The molecule has 17 heavy (non-hydrogen) atoms. The number of terminal acetylenes is 1. The number of oxazole rings is 1. The second kappa shape index (κ2) is 5.41. The van der Waals surface area contributed by atoms with Gasteiger partial charge in [0.1, 0.15) is 5.52 Å². The van der Waals surface area contributed by atoms with Gasteiger partial charge in [-0.2, -0.15) is 0 Å². The highest BCUT2D eigenvalue weighted by Gasteiger charge is 2.08. The van der Waals surface area contributed by atoms with E-state index in [1.54, 1.807) is 0 Å². The average Bonchev–Trinajstić information content (AvgIpc) is 2.76. The van der Waals surface area contributed by atoms with Crippen LogP contribution in [0.15, 0.2) is 33.9 Å². The molecule has 1 heterocycles. The molecule has 1 amide bonds. The largest absolute Gasteiger partial charge is 0.431 e. The predicted molar refractivity (Wildman–Crippen MR) is 66.6 cm³/mol. The summed E-state index contributed by atoms with van der Waals surface area (Å²) in [5.74, 6) is 2.45. The van der Waals surface area contributed by atoms with E-state index in [-0.39, 0.29) is 18.2 Å². The Labute approximate surface area is 103 Å². The van der Waals surface area contributed by atoms with Crippen LogP contribution in [-0.2, 0) is 4.79 Å². The second-order valence-electron chi connectivity index (χ2n) is 3.22. The number of hydrogen-bond donors (Lipinski definition) is 1. The Balaban J connectivity index is 1.95. The number of amides is 1. The smallest absolute Gasteiger partial charge is 0.257 e. The van der Waals surface area contributed by atoms with Crippen LogP contribution >= 0.6 is 11.8 Å². The zero-order valence-electron chi connectivity index (χ0n) is 8.97. The first-order chi connectivity index (χ1) is 8.29. The maximum Gasteiger partial charge on any atom is 0.257 e. The van der Waals surface area contributed by atoms with Crippen molar-refractivity contribution in [3.63, 3.8) is 0 Å². The molecule has 0 spiro atoms. The summed E-state index contributed by atoms with van der Waals surface area (Å²) in [5.41, 5.74) is 1.51. The molecule has 1 N–H and O–H groups in total. The number of carbonyl (C=O) groups is 1. The van der Waals surface area contributed by atoms with Crippen molar-refractivity contribution in [2.45, 2.75) is 5.22 Å². The molecule has 0 saturated carbocycles. The lowest BCUT2D eigenvalue weighted by Gasteiger charge is -1.97. The van der Waals surface area contributed by atoms with Crippen LogP contribution in [0.4, 0.5) is 0 Å². The Kier molecular flexibility index (Phi) is 3.68. The van der Waals surface area contributed by atoms with Crippen molar-refractivity contribution < 1.29 is 9.21 Å². The van der Waals surface area contributed by atoms with Gasteiger partial charge in [0.2, 0.25) is 5.91 Å². The summed E-state index contributed by atoms with van der Waals surface area (Å²) in [6, 6.07) is 7.46. The number of fused-ring (bicyclic) bond motifs is 1. The van der Waals surface area contributed by atoms with Gasteiger partial charge in [0.25, 0.3) is 5.22 Å². The number of aromatic nitrogens is 1. The zero-order chi connectivity index (χ0) is 12.1. The van der Waals surface area contributed by atoms with E-state index >= 15 is 0 Å². The number of nitrogens with zero attached hydrogens (tertiary/aromatic N) is 1. The van der Waals surface area contributed by atoms with Gasteiger partial charge in [-0.1, -0.05) is 29.8 Å². The summed E-state index contributed by atoms with van der Waals surface area (Å²) in [7, 11) is 0. The molecule has 1 aromatic heterocycles. The molecule has 0 radical (unpaired) electrons. The van der Waals surface area contributed by atoms with Crippen LogP contribution in [-0.4, -0.2) is 23.2 Å². The number of benzene rings is 1. The molecule has 4 nitrogen and oxygen atoms in total. The van der Waals surface area contributed by atoms with E-state index in [0.717, 1.165) is 11.1 Å². The third-order valence-electron chi connectivity index (χ3n) is 1.99. The number of carbonyl (C=O) groups excluding carboxylic acids is 1. The van der Waals surface area contributed by atoms with Crippen LogP contribution in [0.25, 0.3) is 11.1 Å². The minimum Gasteiger partial charge on any atom is -0.431 e. The van der Waals surface area contributed by atoms with Crippen molar-refractivity contribution >= 4 is 28.8 Å². The minimum absolute atomic E-state index is 0.129. The van der Waals surface area contributed by atoms with Gasteiger partial charge in [0.05, 0.1) is 12.3 Å². The summed E-state index contributed by atoms with van der Waals surface area (Å²) < 4.78 is 5.45. The first-order valence-electron chi connectivity index (χ1n) is 4.98. The third kappa shape index (κ3) is 3.02. The summed E-state index contributed by atoms with van der Waals surface area (Å²) in [5, 5.41) is 3.06. The highest BCUT2D eigenvalue weighted by atomic mass is 32.2. The number of thioether (sulfide) groups is 1. The van der Waals surface area contributed by atoms with Gasteiger partial charge in [-0.15, -0.1) is 6.42 Å². The molecular formula is C12H10N2O2S. The molecular weight excluding hydrogens is 236 g/mol. The Bertz CT molecular complexity index is 538. The van der Waals surface area contributed by atoms with E-state index < -0.39 is 0 Å². The molecule has 0 fully saturated rings. The van der Waals surface area contributed by atoms with Crippen LogP contribution in [0.3, 0.4) is 0 Å². The van der Waals surface area contributed by atoms with Crippen LogP contribution in [0.2, 0.25) is 0 Å². The average molecular weight is 246 g/mol. The first kappa shape index (κ1) is 11.6. The topological polar surface area (TPSA) is 55.1 Å². The lowest BCUT2D eigenvalue weighted by atomic mass is 10.3. The van der Waals surface area contributed by atoms with Crippen molar-refractivity contribution in [2.75, 3.05) is 12.3 Å².